The van der Waals surface area contributed by atoms with Crippen LogP contribution in [0.15, 0.2) is 18.2 Å². The molecule has 0 spiro atoms. The lowest BCUT2D eigenvalue weighted by atomic mass is 10.1. The number of hydrogen-bond acceptors (Lipinski definition) is 2. The number of ether oxygens (including phenoxy) is 1. The molecule has 0 heterocycles. The van der Waals surface area contributed by atoms with Crippen molar-refractivity contribution in [1.82, 2.24) is 0 Å². The molecule has 0 radical (unpaired) electrons. The summed E-state index contributed by atoms with van der Waals surface area (Å²) in [5.41, 5.74) is 6.76. The van der Waals surface area contributed by atoms with E-state index in [0.717, 1.165) is 49.4 Å². The first-order valence-electron chi connectivity index (χ1n) is 6.95. The van der Waals surface area contributed by atoms with Crippen molar-refractivity contribution in [1.29, 1.82) is 0 Å². The van der Waals surface area contributed by atoms with Gasteiger partial charge in [0.2, 0.25) is 0 Å². The molecular formula is C15H22ClNO. The quantitative estimate of drug-likeness (QED) is 0.793. The van der Waals surface area contributed by atoms with Gasteiger partial charge in [0.15, 0.2) is 0 Å². The molecular weight excluding hydrogens is 246 g/mol. The molecule has 1 saturated carbocycles. The van der Waals surface area contributed by atoms with Gasteiger partial charge in [0.05, 0.1) is 11.1 Å². The molecule has 1 aromatic carbocycles. The van der Waals surface area contributed by atoms with Gasteiger partial charge in [0, 0.05) is 0 Å². The molecule has 18 heavy (non-hydrogen) atoms. The van der Waals surface area contributed by atoms with Gasteiger partial charge in [-0.15, -0.1) is 0 Å². The van der Waals surface area contributed by atoms with Gasteiger partial charge in [0.25, 0.3) is 0 Å². The minimum atomic E-state index is 0.366. The Morgan fingerprint density at radius 1 is 1.22 bits per heavy atom. The zero-order chi connectivity index (χ0) is 12.8. The summed E-state index contributed by atoms with van der Waals surface area (Å²) in [7, 11) is 0. The third-order valence-corrected chi connectivity index (χ3v) is 3.81. The van der Waals surface area contributed by atoms with Gasteiger partial charge in [-0.3, -0.25) is 0 Å². The predicted octanol–water partition coefficient (Wildman–Crippen LogP) is 3.94. The molecule has 0 bridgehead atoms. The topological polar surface area (TPSA) is 35.2 Å². The Morgan fingerprint density at radius 2 is 2.00 bits per heavy atom. The largest absolute Gasteiger partial charge is 0.489 e. The maximum atomic E-state index is 6.27. The number of hydrogen-bond donors (Lipinski definition) is 1. The Balaban J connectivity index is 1.91. The predicted molar refractivity (Wildman–Crippen MR) is 76.3 cm³/mol. The molecule has 3 heteroatoms. The summed E-state index contributed by atoms with van der Waals surface area (Å²) in [6.07, 6.45) is 8.47. The van der Waals surface area contributed by atoms with Crippen molar-refractivity contribution in [3.8, 4) is 5.75 Å². The van der Waals surface area contributed by atoms with Crippen molar-refractivity contribution in [3.63, 3.8) is 0 Å². The molecule has 2 rings (SSSR count). The lowest BCUT2D eigenvalue weighted by Gasteiger charge is -2.15. The second-order valence-corrected chi connectivity index (χ2v) is 5.44. The summed E-state index contributed by atoms with van der Waals surface area (Å²) >= 11 is 6.27. The summed E-state index contributed by atoms with van der Waals surface area (Å²) in [4.78, 5) is 0. The fourth-order valence-corrected chi connectivity index (χ4v) is 2.70. The molecule has 100 valence electrons. The summed E-state index contributed by atoms with van der Waals surface area (Å²) in [6, 6.07) is 6.16. The van der Waals surface area contributed by atoms with Crippen LogP contribution in [0.1, 0.15) is 44.1 Å². The van der Waals surface area contributed by atoms with Crippen LogP contribution >= 0.6 is 11.6 Å². The number of unbranched alkanes of at least 4 members (excludes halogenated alkanes) is 1. The fourth-order valence-electron chi connectivity index (χ4n) is 2.45. The summed E-state index contributed by atoms with van der Waals surface area (Å²) in [5, 5.41) is 0.743. The van der Waals surface area contributed by atoms with Gasteiger partial charge in [-0.25, -0.2) is 0 Å². The van der Waals surface area contributed by atoms with Crippen molar-refractivity contribution in [2.45, 2.75) is 51.0 Å². The van der Waals surface area contributed by atoms with Crippen LogP contribution in [0.25, 0.3) is 0 Å². The van der Waals surface area contributed by atoms with Gasteiger partial charge < -0.3 is 10.5 Å². The van der Waals surface area contributed by atoms with Crippen molar-refractivity contribution in [2.24, 2.45) is 5.73 Å². The van der Waals surface area contributed by atoms with Crippen LogP contribution in [0.5, 0.6) is 5.75 Å². The molecule has 0 amide bonds. The summed E-state index contributed by atoms with van der Waals surface area (Å²) in [6.45, 7) is 0.761. The summed E-state index contributed by atoms with van der Waals surface area (Å²) < 4.78 is 5.93. The van der Waals surface area contributed by atoms with E-state index in [1.165, 1.54) is 18.4 Å². The van der Waals surface area contributed by atoms with Gasteiger partial charge in [0.1, 0.15) is 5.75 Å². The number of nitrogens with two attached hydrogens (primary N) is 1. The van der Waals surface area contributed by atoms with Gasteiger partial charge in [-0.2, -0.15) is 0 Å². The van der Waals surface area contributed by atoms with E-state index in [0.29, 0.717) is 6.10 Å². The van der Waals surface area contributed by atoms with Crippen molar-refractivity contribution >= 4 is 11.6 Å². The Labute approximate surface area is 114 Å². The lowest BCUT2D eigenvalue weighted by Crippen LogP contribution is -2.11. The van der Waals surface area contributed by atoms with E-state index in [-0.39, 0.29) is 0 Å². The monoisotopic (exact) mass is 267 g/mol. The average Bonchev–Trinajstić information content (AvgIpc) is 2.86. The summed E-state index contributed by atoms with van der Waals surface area (Å²) in [5.74, 6) is 0.839. The average molecular weight is 268 g/mol. The highest BCUT2D eigenvalue weighted by atomic mass is 35.5. The minimum absolute atomic E-state index is 0.366. The van der Waals surface area contributed by atoms with Gasteiger partial charge in [-0.05, 0) is 69.2 Å². The van der Waals surface area contributed by atoms with E-state index in [4.69, 9.17) is 22.1 Å². The molecule has 0 atom stereocenters. The smallest absolute Gasteiger partial charge is 0.138 e. The number of aryl methyl sites for hydroxylation is 1. The maximum absolute atomic E-state index is 6.27. The highest BCUT2D eigenvalue weighted by Gasteiger charge is 2.17. The standard InChI is InChI=1S/C15H22ClNO/c16-14-11-12(5-3-4-10-17)8-9-15(14)18-13-6-1-2-7-13/h8-9,11,13H,1-7,10,17H2. The van der Waals surface area contributed by atoms with Crippen LogP contribution < -0.4 is 10.5 Å². The molecule has 0 aromatic heterocycles. The minimum Gasteiger partial charge on any atom is -0.489 e. The molecule has 0 aliphatic heterocycles. The van der Waals surface area contributed by atoms with Crippen LogP contribution in [0.3, 0.4) is 0 Å². The fraction of sp³-hybridized carbons (Fsp3) is 0.600. The second kappa shape index (κ2) is 7.01. The SMILES string of the molecule is NCCCCc1ccc(OC2CCCC2)c(Cl)c1. The maximum Gasteiger partial charge on any atom is 0.138 e. The van der Waals surface area contributed by atoms with Crippen LogP contribution in [-0.4, -0.2) is 12.6 Å². The lowest BCUT2D eigenvalue weighted by molar-refractivity contribution is 0.210. The van der Waals surface area contributed by atoms with Crippen LogP contribution in [0.2, 0.25) is 5.02 Å². The molecule has 2 N–H and O–H groups in total. The number of halogens is 1. The van der Waals surface area contributed by atoms with Gasteiger partial charge in [-0.1, -0.05) is 17.7 Å². The molecule has 1 aliphatic rings. The van der Waals surface area contributed by atoms with Gasteiger partial charge >= 0.3 is 0 Å². The molecule has 0 unspecified atom stereocenters. The first-order chi connectivity index (χ1) is 8.79. The van der Waals surface area contributed by atoms with Crippen LogP contribution in [-0.2, 0) is 6.42 Å². The Kier molecular flexibility index (Phi) is 5.33. The van der Waals surface area contributed by atoms with E-state index in [2.05, 4.69) is 6.07 Å². The highest BCUT2D eigenvalue weighted by molar-refractivity contribution is 6.32. The first-order valence-corrected chi connectivity index (χ1v) is 7.32. The van der Waals surface area contributed by atoms with E-state index < -0.39 is 0 Å². The number of benzene rings is 1. The van der Waals surface area contributed by atoms with Crippen molar-refractivity contribution in [3.05, 3.63) is 28.8 Å². The zero-order valence-corrected chi connectivity index (χ0v) is 11.6. The molecule has 2 nitrogen and oxygen atoms in total. The van der Waals surface area contributed by atoms with Crippen LogP contribution in [0, 0.1) is 0 Å². The molecule has 1 fully saturated rings. The highest BCUT2D eigenvalue weighted by Crippen LogP contribution is 2.30. The molecule has 1 aromatic rings. The van der Waals surface area contributed by atoms with E-state index in [9.17, 15) is 0 Å². The van der Waals surface area contributed by atoms with E-state index in [1.807, 2.05) is 12.1 Å². The molecule has 1 aliphatic carbocycles. The zero-order valence-electron chi connectivity index (χ0n) is 10.8. The van der Waals surface area contributed by atoms with E-state index >= 15 is 0 Å². The number of rotatable bonds is 6. The van der Waals surface area contributed by atoms with E-state index in [1.54, 1.807) is 0 Å². The first kappa shape index (κ1) is 13.7. The normalized spacial score (nSPS) is 16.1. The third kappa shape index (κ3) is 3.89. The van der Waals surface area contributed by atoms with Crippen LogP contribution in [0.4, 0.5) is 0 Å². The third-order valence-electron chi connectivity index (χ3n) is 3.51. The Hall–Kier alpha value is -0.730. The van der Waals surface area contributed by atoms with Crippen molar-refractivity contribution < 1.29 is 4.74 Å². The Bertz CT molecular complexity index is 375. The Morgan fingerprint density at radius 3 is 2.67 bits per heavy atom. The second-order valence-electron chi connectivity index (χ2n) is 5.03. The molecule has 0 saturated heterocycles. The van der Waals surface area contributed by atoms with Crippen molar-refractivity contribution in [2.75, 3.05) is 6.54 Å².